The first-order valence-corrected chi connectivity index (χ1v) is 9.59. The van der Waals surface area contributed by atoms with Gasteiger partial charge in [0, 0.05) is 36.3 Å². The third-order valence-corrected chi connectivity index (χ3v) is 4.41. The van der Waals surface area contributed by atoms with Crippen LogP contribution in [0.4, 0.5) is 0 Å². The Bertz CT molecular complexity index is 863. The monoisotopic (exact) mass is 401 g/mol. The Labute approximate surface area is 169 Å². The van der Waals surface area contributed by atoms with Crippen LogP contribution in [0.5, 0.6) is 5.75 Å². The fourth-order valence-electron chi connectivity index (χ4n) is 2.59. The molecule has 3 rings (SSSR count). The number of hydrogen-bond donors (Lipinski definition) is 2. The summed E-state index contributed by atoms with van der Waals surface area (Å²) in [6.07, 6.45) is 2.62. The van der Waals surface area contributed by atoms with Gasteiger partial charge in [-0.05, 0) is 30.3 Å². The van der Waals surface area contributed by atoms with Crippen molar-refractivity contribution in [2.75, 3.05) is 19.7 Å². The molecule has 2 heterocycles. The molecule has 0 aliphatic rings. The van der Waals surface area contributed by atoms with Crippen molar-refractivity contribution < 1.29 is 14.3 Å². The van der Waals surface area contributed by atoms with Crippen molar-refractivity contribution >= 4 is 11.6 Å². The molecule has 0 aliphatic carbocycles. The van der Waals surface area contributed by atoms with Gasteiger partial charge in [0.05, 0.1) is 6.10 Å². The van der Waals surface area contributed by atoms with Crippen LogP contribution >= 0.6 is 11.6 Å². The lowest BCUT2D eigenvalue weighted by molar-refractivity contribution is 0.171. The van der Waals surface area contributed by atoms with Crippen molar-refractivity contribution in [3.8, 4) is 17.0 Å². The smallest absolute Gasteiger partial charge is 0.197 e. The second-order valence-corrected chi connectivity index (χ2v) is 7.12. The van der Waals surface area contributed by atoms with Gasteiger partial charge in [0.1, 0.15) is 29.5 Å². The van der Waals surface area contributed by atoms with E-state index in [9.17, 15) is 5.11 Å². The van der Waals surface area contributed by atoms with E-state index in [0.717, 1.165) is 28.5 Å². The van der Waals surface area contributed by atoms with Gasteiger partial charge in [-0.2, -0.15) is 0 Å². The average molecular weight is 402 g/mol. The SMILES string of the molecule is CC(C)c1nc(-c2ccc(OCCNC[C@H](O)c3ccc(Cl)nc3)cc2)co1. The van der Waals surface area contributed by atoms with E-state index in [1.165, 1.54) is 0 Å². The van der Waals surface area contributed by atoms with Crippen molar-refractivity contribution in [2.45, 2.75) is 25.9 Å². The second kappa shape index (κ2) is 9.68. The first-order valence-electron chi connectivity index (χ1n) is 9.22. The van der Waals surface area contributed by atoms with Crippen LogP contribution in [0.3, 0.4) is 0 Å². The number of benzene rings is 1. The molecule has 0 fully saturated rings. The first-order chi connectivity index (χ1) is 13.5. The molecule has 3 aromatic rings. The lowest BCUT2D eigenvalue weighted by Crippen LogP contribution is -2.26. The molecule has 0 saturated carbocycles. The number of aliphatic hydroxyl groups excluding tert-OH is 1. The maximum absolute atomic E-state index is 10.1. The maximum atomic E-state index is 10.1. The predicted molar refractivity (Wildman–Crippen MR) is 109 cm³/mol. The largest absolute Gasteiger partial charge is 0.492 e. The molecule has 0 spiro atoms. The van der Waals surface area contributed by atoms with E-state index < -0.39 is 6.10 Å². The molecular weight excluding hydrogens is 378 g/mol. The maximum Gasteiger partial charge on any atom is 0.197 e. The Kier molecular flexibility index (Phi) is 7.03. The topological polar surface area (TPSA) is 80.4 Å². The number of nitrogens with zero attached hydrogens (tertiary/aromatic N) is 2. The third-order valence-electron chi connectivity index (χ3n) is 4.19. The Balaban J connectivity index is 1.40. The highest BCUT2D eigenvalue weighted by Gasteiger charge is 2.10. The summed E-state index contributed by atoms with van der Waals surface area (Å²) in [6.45, 7) is 5.61. The standard InChI is InChI=1S/C21H24ClN3O3/c1-14(2)21-25-18(13-28-21)15-3-6-17(7-4-15)27-10-9-23-12-19(26)16-5-8-20(22)24-11-16/h3-8,11,13-14,19,23,26H,9-10,12H2,1-2H3/t19-/m0/s1. The van der Waals surface area contributed by atoms with Gasteiger partial charge in [-0.25, -0.2) is 9.97 Å². The Hall–Kier alpha value is -2.41. The second-order valence-electron chi connectivity index (χ2n) is 6.73. The van der Waals surface area contributed by atoms with Gasteiger partial charge in [-0.3, -0.25) is 0 Å². The van der Waals surface area contributed by atoms with E-state index in [4.69, 9.17) is 20.8 Å². The fourth-order valence-corrected chi connectivity index (χ4v) is 2.70. The average Bonchev–Trinajstić information content (AvgIpc) is 3.19. The highest BCUT2D eigenvalue weighted by molar-refractivity contribution is 6.29. The van der Waals surface area contributed by atoms with Crippen LogP contribution in [-0.2, 0) is 0 Å². The number of halogens is 1. The van der Waals surface area contributed by atoms with Gasteiger partial charge in [0.15, 0.2) is 5.89 Å². The third kappa shape index (κ3) is 5.55. The molecule has 7 heteroatoms. The Morgan fingerprint density at radius 3 is 2.61 bits per heavy atom. The van der Waals surface area contributed by atoms with Crippen LogP contribution in [0.15, 0.2) is 53.3 Å². The molecule has 0 amide bonds. The molecule has 0 saturated heterocycles. The summed E-state index contributed by atoms with van der Waals surface area (Å²) in [4.78, 5) is 8.46. The number of oxazole rings is 1. The normalized spacial score (nSPS) is 12.3. The zero-order valence-corrected chi connectivity index (χ0v) is 16.7. The van der Waals surface area contributed by atoms with Gasteiger partial charge in [-0.15, -0.1) is 0 Å². The van der Waals surface area contributed by atoms with Crippen LogP contribution in [0.1, 0.15) is 37.3 Å². The summed E-state index contributed by atoms with van der Waals surface area (Å²) >= 11 is 5.75. The van der Waals surface area contributed by atoms with E-state index >= 15 is 0 Å². The summed E-state index contributed by atoms with van der Waals surface area (Å²) in [6, 6.07) is 11.2. The summed E-state index contributed by atoms with van der Waals surface area (Å²) in [5, 5.41) is 13.7. The summed E-state index contributed by atoms with van der Waals surface area (Å²) in [7, 11) is 0. The first kappa shape index (κ1) is 20.3. The molecule has 0 radical (unpaired) electrons. The van der Waals surface area contributed by atoms with Crippen molar-refractivity contribution in [1.29, 1.82) is 0 Å². The highest BCUT2D eigenvalue weighted by Crippen LogP contribution is 2.24. The summed E-state index contributed by atoms with van der Waals surface area (Å²) in [5.41, 5.74) is 2.53. The van der Waals surface area contributed by atoms with Crippen molar-refractivity contribution in [2.24, 2.45) is 0 Å². The van der Waals surface area contributed by atoms with E-state index in [1.54, 1.807) is 24.6 Å². The quantitative estimate of drug-likeness (QED) is 0.413. The number of aliphatic hydroxyl groups is 1. The molecule has 2 aromatic heterocycles. The predicted octanol–water partition coefficient (Wildman–Crippen LogP) is 4.22. The van der Waals surface area contributed by atoms with Gasteiger partial charge in [0.25, 0.3) is 0 Å². The van der Waals surface area contributed by atoms with E-state index in [2.05, 4.69) is 15.3 Å². The lowest BCUT2D eigenvalue weighted by Gasteiger charge is -2.12. The highest BCUT2D eigenvalue weighted by atomic mass is 35.5. The number of ether oxygens (including phenoxy) is 1. The number of hydrogen-bond acceptors (Lipinski definition) is 6. The molecule has 2 N–H and O–H groups in total. The van der Waals surface area contributed by atoms with Crippen molar-refractivity contribution in [3.63, 3.8) is 0 Å². The number of aromatic nitrogens is 2. The molecular formula is C21H24ClN3O3. The van der Waals surface area contributed by atoms with Gasteiger partial charge in [0.2, 0.25) is 0 Å². The van der Waals surface area contributed by atoms with Crippen molar-refractivity contribution in [1.82, 2.24) is 15.3 Å². The minimum absolute atomic E-state index is 0.262. The minimum Gasteiger partial charge on any atom is -0.492 e. The molecule has 28 heavy (non-hydrogen) atoms. The van der Waals surface area contributed by atoms with Crippen LogP contribution < -0.4 is 10.1 Å². The number of nitrogens with one attached hydrogen (secondary N) is 1. The van der Waals surface area contributed by atoms with Crippen LogP contribution in [0.2, 0.25) is 5.15 Å². The number of rotatable bonds is 9. The molecule has 0 unspecified atom stereocenters. The van der Waals surface area contributed by atoms with E-state index in [-0.39, 0.29) is 5.92 Å². The Morgan fingerprint density at radius 2 is 1.96 bits per heavy atom. The summed E-state index contributed by atoms with van der Waals surface area (Å²) in [5.74, 6) is 1.77. The van der Waals surface area contributed by atoms with Crippen LogP contribution in [0.25, 0.3) is 11.3 Å². The zero-order valence-electron chi connectivity index (χ0n) is 15.9. The molecule has 0 bridgehead atoms. The molecule has 1 aromatic carbocycles. The van der Waals surface area contributed by atoms with E-state index in [1.807, 2.05) is 38.1 Å². The van der Waals surface area contributed by atoms with Crippen LogP contribution in [-0.4, -0.2) is 34.8 Å². The van der Waals surface area contributed by atoms with Crippen LogP contribution in [0, 0.1) is 0 Å². The van der Waals surface area contributed by atoms with Gasteiger partial charge < -0.3 is 19.6 Å². The molecule has 1 atom stereocenters. The zero-order chi connectivity index (χ0) is 19.9. The lowest BCUT2D eigenvalue weighted by atomic mass is 10.1. The van der Waals surface area contributed by atoms with Crippen molar-refractivity contribution in [3.05, 3.63) is 65.5 Å². The Morgan fingerprint density at radius 1 is 1.18 bits per heavy atom. The van der Waals surface area contributed by atoms with E-state index in [0.29, 0.717) is 24.8 Å². The molecule has 0 aliphatic heterocycles. The summed E-state index contributed by atoms with van der Waals surface area (Å²) < 4.78 is 11.2. The number of pyridine rings is 1. The minimum atomic E-state index is -0.637. The van der Waals surface area contributed by atoms with Gasteiger partial charge >= 0.3 is 0 Å². The van der Waals surface area contributed by atoms with Gasteiger partial charge in [-0.1, -0.05) is 31.5 Å². The fraction of sp³-hybridized carbons (Fsp3) is 0.333. The molecule has 6 nitrogen and oxygen atoms in total. The molecule has 148 valence electrons.